The van der Waals surface area contributed by atoms with E-state index in [1.807, 2.05) is 0 Å². The highest BCUT2D eigenvalue weighted by Crippen LogP contribution is 1.86. The second-order valence-corrected chi connectivity index (χ2v) is 1.72. The van der Waals surface area contributed by atoms with E-state index in [9.17, 15) is 9.59 Å². The fourth-order valence-electron chi connectivity index (χ4n) is 0.354. The molecule has 0 aromatic carbocycles. The molecule has 0 aromatic rings. The summed E-state index contributed by atoms with van der Waals surface area (Å²) in [7, 11) is 0. The van der Waals surface area contributed by atoms with Crippen LogP contribution in [0.1, 0.15) is 19.8 Å². The van der Waals surface area contributed by atoms with E-state index in [4.69, 9.17) is 5.11 Å². The molecule has 4 nitrogen and oxygen atoms in total. The average Bonchev–Trinajstić information content (AvgIpc) is 1.87. The SMILES string of the molecule is CCC(=O)OCCC(=O)O. The van der Waals surface area contributed by atoms with Gasteiger partial charge in [-0.3, -0.25) is 9.59 Å². The van der Waals surface area contributed by atoms with Gasteiger partial charge in [0.25, 0.3) is 0 Å². The van der Waals surface area contributed by atoms with Gasteiger partial charge in [0.1, 0.15) is 6.61 Å². The molecule has 0 saturated heterocycles. The summed E-state index contributed by atoms with van der Waals surface area (Å²) in [4.78, 5) is 20.3. The summed E-state index contributed by atoms with van der Waals surface area (Å²) >= 11 is 0. The molecule has 0 fully saturated rings. The lowest BCUT2D eigenvalue weighted by Crippen LogP contribution is -2.07. The van der Waals surface area contributed by atoms with Gasteiger partial charge in [0, 0.05) is 6.42 Å². The van der Waals surface area contributed by atoms with Gasteiger partial charge in [-0.1, -0.05) is 6.92 Å². The maximum atomic E-state index is 10.4. The van der Waals surface area contributed by atoms with Crippen LogP contribution in [0.5, 0.6) is 0 Å². The molecule has 1 N–H and O–H groups in total. The van der Waals surface area contributed by atoms with Gasteiger partial charge in [-0.2, -0.15) is 0 Å². The number of rotatable bonds is 4. The summed E-state index contributed by atoms with van der Waals surface area (Å²) in [6.07, 6.45) is 0.172. The van der Waals surface area contributed by atoms with E-state index in [0.717, 1.165) is 0 Å². The van der Waals surface area contributed by atoms with Crippen molar-refractivity contribution in [1.29, 1.82) is 0 Å². The Labute approximate surface area is 58.8 Å². The van der Waals surface area contributed by atoms with Crippen LogP contribution in [0.2, 0.25) is 0 Å². The van der Waals surface area contributed by atoms with Crippen LogP contribution in [0.4, 0.5) is 0 Å². The molecule has 0 amide bonds. The second kappa shape index (κ2) is 4.78. The molecule has 0 heterocycles. The Hall–Kier alpha value is -1.06. The molecule has 10 heavy (non-hydrogen) atoms. The largest absolute Gasteiger partial charge is 0.481 e. The summed E-state index contributed by atoms with van der Waals surface area (Å²) in [5.41, 5.74) is 0. The molecular formula is C6H10O4. The zero-order valence-electron chi connectivity index (χ0n) is 5.79. The Balaban J connectivity index is 3.20. The third-order valence-electron chi connectivity index (χ3n) is 0.868. The van der Waals surface area contributed by atoms with E-state index in [1.54, 1.807) is 6.92 Å². The highest BCUT2D eigenvalue weighted by Gasteiger charge is 2.00. The van der Waals surface area contributed by atoms with Crippen LogP contribution in [0.25, 0.3) is 0 Å². The van der Waals surface area contributed by atoms with Crippen LogP contribution in [0, 0.1) is 0 Å². The van der Waals surface area contributed by atoms with Crippen molar-refractivity contribution in [3.05, 3.63) is 0 Å². The number of hydrogen-bond donors (Lipinski definition) is 1. The Bertz CT molecular complexity index is 130. The average molecular weight is 146 g/mol. The van der Waals surface area contributed by atoms with E-state index < -0.39 is 5.97 Å². The molecule has 0 atom stereocenters. The fraction of sp³-hybridized carbons (Fsp3) is 0.667. The molecule has 0 aliphatic carbocycles. The van der Waals surface area contributed by atoms with Gasteiger partial charge in [-0.05, 0) is 0 Å². The molecule has 0 bridgehead atoms. The first-order chi connectivity index (χ1) is 4.66. The fourth-order valence-corrected chi connectivity index (χ4v) is 0.354. The minimum Gasteiger partial charge on any atom is -0.481 e. The molecule has 0 radical (unpaired) electrons. The van der Waals surface area contributed by atoms with E-state index >= 15 is 0 Å². The second-order valence-electron chi connectivity index (χ2n) is 1.72. The van der Waals surface area contributed by atoms with Crippen molar-refractivity contribution in [3.8, 4) is 0 Å². The van der Waals surface area contributed by atoms with E-state index in [2.05, 4.69) is 4.74 Å². The van der Waals surface area contributed by atoms with E-state index in [0.29, 0.717) is 6.42 Å². The van der Waals surface area contributed by atoms with Gasteiger partial charge in [-0.25, -0.2) is 0 Å². The van der Waals surface area contributed by atoms with Crippen molar-refractivity contribution in [3.63, 3.8) is 0 Å². The zero-order valence-corrected chi connectivity index (χ0v) is 5.79. The minimum absolute atomic E-state index is 0.0258. The van der Waals surface area contributed by atoms with Gasteiger partial charge in [0.15, 0.2) is 0 Å². The van der Waals surface area contributed by atoms with Crippen molar-refractivity contribution in [1.82, 2.24) is 0 Å². The Morgan fingerprint density at radius 3 is 2.50 bits per heavy atom. The van der Waals surface area contributed by atoms with Crippen LogP contribution in [0.15, 0.2) is 0 Å². The molecule has 0 aliphatic rings. The molecule has 0 unspecified atom stereocenters. The van der Waals surface area contributed by atoms with Crippen LogP contribution in [0.3, 0.4) is 0 Å². The minimum atomic E-state index is -0.955. The van der Waals surface area contributed by atoms with Crippen LogP contribution in [-0.2, 0) is 14.3 Å². The van der Waals surface area contributed by atoms with Crippen LogP contribution < -0.4 is 0 Å². The first-order valence-electron chi connectivity index (χ1n) is 3.04. The van der Waals surface area contributed by atoms with Crippen molar-refractivity contribution >= 4 is 11.9 Å². The Morgan fingerprint density at radius 2 is 2.10 bits per heavy atom. The summed E-state index contributed by atoms with van der Waals surface area (Å²) in [6, 6.07) is 0. The maximum Gasteiger partial charge on any atom is 0.306 e. The molecule has 58 valence electrons. The number of esters is 1. The monoisotopic (exact) mass is 146 g/mol. The topological polar surface area (TPSA) is 63.6 Å². The summed E-state index contributed by atoms with van der Waals surface area (Å²) < 4.78 is 4.48. The Kier molecular flexibility index (Phi) is 4.28. The molecule has 0 aliphatic heterocycles. The predicted molar refractivity (Wildman–Crippen MR) is 33.5 cm³/mol. The number of hydrogen-bond acceptors (Lipinski definition) is 3. The third kappa shape index (κ3) is 5.08. The Morgan fingerprint density at radius 1 is 1.50 bits per heavy atom. The molecule has 0 aromatic heterocycles. The van der Waals surface area contributed by atoms with Gasteiger partial charge in [0.2, 0.25) is 0 Å². The van der Waals surface area contributed by atoms with Gasteiger partial charge < -0.3 is 9.84 Å². The standard InChI is InChI=1S/C6H10O4/c1-2-6(9)10-4-3-5(7)8/h2-4H2,1H3,(H,7,8). The van der Waals surface area contributed by atoms with Crippen molar-refractivity contribution in [2.45, 2.75) is 19.8 Å². The molecule has 4 heteroatoms. The van der Waals surface area contributed by atoms with E-state index in [1.165, 1.54) is 0 Å². The molecular weight excluding hydrogens is 136 g/mol. The van der Waals surface area contributed by atoms with Crippen LogP contribution in [-0.4, -0.2) is 23.7 Å². The lowest BCUT2D eigenvalue weighted by molar-refractivity contribution is -0.146. The predicted octanol–water partition coefficient (Wildman–Crippen LogP) is 0.414. The molecule has 0 spiro atoms. The highest BCUT2D eigenvalue weighted by atomic mass is 16.5. The van der Waals surface area contributed by atoms with Crippen molar-refractivity contribution < 1.29 is 19.4 Å². The van der Waals surface area contributed by atoms with Gasteiger partial charge in [-0.15, -0.1) is 0 Å². The number of carboxylic acids is 1. The van der Waals surface area contributed by atoms with E-state index in [-0.39, 0.29) is 19.0 Å². The quantitative estimate of drug-likeness (QED) is 0.583. The number of ether oxygens (including phenoxy) is 1. The maximum absolute atomic E-state index is 10.4. The number of carbonyl (C=O) groups excluding carboxylic acids is 1. The first-order valence-corrected chi connectivity index (χ1v) is 3.04. The number of carboxylic acid groups (broad SMARTS) is 1. The van der Waals surface area contributed by atoms with Crippen molar-refractivity contribution in [2.75, 3.05) is 6.61 Å². The summed E-state index contributed by atoms with van der Waals surface area (Å²) in [5.74, 6) is -1.31. The van der Waals surface area contributed by atoms with Gasteiger partial charge in [0.05, 0.1) is 6.42 Å². The lowest BCUT2D eigenvalue weighted by Gasteiger charge is -1.98. The highest BCUT2D eigenvalue weighted by molar-refractivity contribution is 5.70. The van der Waals surface area contributed by atoms with Gasteiger partial charge >= 0.3 is 11.9 Å². The van der Waals surface area contributed by atoms with Crippen molar-refractivity contribution in [2.24, 2.45) is 0 Å². The normalized spacial score (nSPS) is 8.90. The first kappa shape index (κ1) is 8.94. The lowest BCUT2D eigenvalue weighted by atomic mass is 10.4. The smallest absolute Gasteiger partial charge is 0.306 e. The number of aliphatic carboxylic acids is 1. The molecule has 0 rings (SSSR count). The zero-order chi connectivity index (χ0) is 7.98. The number of carbonyl (C=O) groups is 2. The summed E-state index contributed by atoms with van der Waals surface area (Å²) in [6.45, 7) is 1.63. The molecule has 0 saturated carbocycles. The van der Waals surface area contributed by atoms with Crippen LogP contribution >= 0.6 is 0 Å². The summed E-state index contributed by atoms with van der Waals surface area (Å²) in [5, 5.41) is 8.11. The third-order valence-corrected chi connectivity index (χ3v) is 0.868.